The maximum atomic E-state index is 12.4. The van der Waals surface area contributed by atoms with E-state index < -0.39 is 0 Å². The lowest BCUT2D eigenvalue weighted by Gasteiger charge is -2.00. The highest BCUT2D eigenvalue weighted by molar-refractivity contribution is 9.10. The Morgan fingerprint density at radius 1 is 1.23 bits per heavy atom. The third-order valence-corrected chi connectivity index (χ3v) is 5.52. The van der Waals surface area contributed by atoms with E-state index in [2.05, 4.69) is 46.9 Å². The van der Waals surface area contributed by atoms with Crippen molar-refractivity contribution in [1.29, 1.82) is 0 Å². The summed E-state index contributed by atoms with van der Waals surface area (Å²) in [6, 6.07) is 11.6. The molecule has 0 spiro atoms. The molecule has 22 heavy (non-hydrogen) atoms. The van der Waals surface area contributed by atoms with Gasteiger partial charge in [0.25, 0.3) is 5.91 Å². The van der Waals surface area contributed by atoms with Crippen LogP contribution >= 0.6 is 27.3 Å². The lowest BCUT2D eigenvalue weighted by atomic mass is 10.1. The first-order chi connectivity index (χ1) is 10.5. The Labute approximate surface area is 141 Å². The Bertz CT molecular complexity index is 953. The summed E-state index contributed by atoms with van der Waals surface area (Å²) in [6.45, 7) is 4.17. The second-order valence-electron chi connectivity index (χ2n) is 5.27. The summed E-state index contributed by atoms with van der Waals surface area (Å²) in [5, 5.41) is 0. The van der Waals surface area contributed by atoms with Crippen molar-refractivity contribution >= 4 is 43.4 Å². The van der Waals surface area contributed by atoms with Gasteiger partial charge in [-0.15, -0.1) is 0 Å². The first-order valence-corrected chi connectivity index (χ1v) is 8.48. The fourth-order valence-corrected chi connectivity index (χ4v) is 3.98. The van der Waals surface area contributed by atoms with Gasteiger partial charge < -0.3 is 4.57 Å². The molecule has 3 aromatic rings. The minimum atomic E-state index is -0.232. The highest BCUT2D eigenvalue weighted by Crippen LogP contribution is 2.23. The molecule has 0 fully saturated rings. The summed E-state index contributed by atoms with van der Waals surface area (Å²) in [4.78, 5) is 17.4. The lowest BCUT2D eigenvalue weighted by molar-refractivity contribution is 0.0997. The van der Waals surface area contributed by atoms with Gasteiger partial charge in [-0.2, -0.15) is 4.99 Å². The Hall–Kier alpha value is -1.72. The molecule has 0 aliphatic carbocycles. The third kappa shape index (κ3) is 2.66. The molecule has 0 unspecified atom stereocenters. The van der Waals surface area contributed by atoms with Gasteiger partial charge in [0, 0.05) is 11.5 Å². The molecule has 1 amide bonds. The number of rotatable bonds is 1. The van der Waals surface area contributed by atoms with Crippen molar-refractivity contribution in [3.63, 3.8) is 0 Å². The van der Waals surface area contributed by atoms with Crippen molar-refractivity contribution in [1.82, 2.24) is 4.57 Å². The molecule has 0 radical (unpaired) electrons. The smallest absolute Gasteiger partial charge is 0.280 e. The summed E-state index contributed by atoms with van der Waals surface area (Å²) < 4.78 is 3.92. The van der Waals surface area contributed by atoms with Crippen LogP contribution in [0, 0.1) is 13.8 Å². The number of halogens is 1. The standard InChI is InChI=1S/C17H15BrN2OS/c1-10-8-11(2)15-14(9-10)20(3)17(22-15)19-16(21)12-6-4-5-7-13(12)18/h4-9H,1-3H3. The van der Waals surface area contributed by atoms with E-state index in [1.807, 2.05) is 29.8 Å². The van der Waals surface area contributed by atoms with Gasteiger partial charge in [-0.1, -0.05) is 29.5 Å². The van der Waals surface area contributed by atoms with E-state index in [9.17, 15) is 4.79 Å². The minimum Gasteiger partial charge on any atom is -0.319 e. The molecule has 2 aromatic carbocycles. The number of thiazole rings is 1. The van der Waals surface area contributed by atoms with E-state index in [1.165, 1.54) is 15.8 Å². The molecule has 0 bridgehead atoms. The predicted octanol–water partition coefficient (Wildman–Crippen LogP) is 4.36. The van der Waals surface area contributed by atoms with E-state index in [0.29, 0.717) is 10.4 Å². The number of fused-ring (bicyclic) bond motifs is 1. The topological polar surface area (TPSA) is 34.4 Å². The van der Waals surface area contributed by atoms with Crippen LogP contribution in [0.5, 0.6) is 0 Å². The Morgan fingerprint density at radius 2 is 1.95 bits per heavy atom. The minimum absolute atomic E-state index is 0.232. The molecule has 0 aliphatic rings. The van der Waals surface area contributed by atoms with Crippen LogP contribution in [0.15, 0.2) is 45.9 Å². The van der Waals surface area contributed by atoms with Crippen molar-refractivity contribution in [3.05, 3.63) is 62.4 Å². The van der Waals surface area contributed by atoms with E-state index in [1.54, 1.807) is 17.4 Å². The summed E-state index contributed by atoms with van der Waals surface area (Å²) >= 11 is 4.95. The highest BCUT2D eigenvalue weighted by Gasteiger charge is 2.11. The van der Waals surface area contributed by atoms with Crippen LogP contribution in [0.2, 0.25) is 0 Å². The van der Waals surface area contributed by atoms with Crippen molar-refractivity contribution < 1.29 is 4.79 Å². The van der Waals surface area contributed by atoms with Gasteiger partial charge >= 0.3 is 0 Å². The number of carbonyl (C=O) groups is 1. The Kier molecular flexibility index (Phi) is 4.02. The molecule has 3 rings (SSSR count). The van der Waals surface area contributed by atoms with Crippen molar-refractivity contribution in [2.24, 2.45) is 12.0 Å². The fraction of sp³-hybridized carbons (Fsp3) is 0.176. The number of amides is 1. The second-order valence-corrected chi connectivity index (χ2v) is 7.10. The molecule has 0 atom stereocenters. The molecule has 112 valence electrons. The fourth-order valence-electron chi connectivity index (χ4n) is 2.46. The van der Waals surface area contributed by atoms with Crippen LogP contribution in [0.1, 0.15) is 21.5 Å². The normalized spacial score (nSPS) is 12.1. The number of hydrogen-bond donors (Lipinski definition) is 0. The molecule has 0 saturated carbocycles. The molecular weight excluding hydrogens is 360 g/mol. The average molecular weight is 375 g/mol. The van der Waals surface area contributed by atoms with Gasteiger partial charge in [-0.05, 0) is 59.1 Å². The Morgan fingerprint density at radius 3 is 2.68 bits per heavy atom. The van der Waals surface area contributed by atoms with E-state index in [-0.39, 0.29) is 5.91 Å². The summed E-state index contributed by atoms with van der Waals surface area (Å²) in [6.07, 6.45) is 0. The second kappa shape index (κ2) is 5.82. The number of aryl methyl sites for hydroxylation is 3. The van der Waals surface area contributed by atoms with Crippen molar-refractivity contribution in [2.45, 2.75) is 13.8 Å². The molecule has 5 heteroatoms. The monoisotopic (exact) mass is 374 g/mol. The van der Waals surface area contributed by atoms with Crippen LogP contribution in [0.3, 0.4) is 0 Å². The zero-order valence-corrected chi connectivity index (χ0v) is 15.0. The van der Waals surface area contributed by atoms with Gasteiger partial charge in [-0.25, -0.2) is 0 Å². The zero-order valence-electron chi connectivity index (χ0n) is 12.6. The van der Waals surface area contributed by atoms with Gasteiger partial charge in [0.1, 0.15) is 0 Å². The first kappa shape index (κ1) is 15.2. The van der Waals surface area contributed by atoms with Crippen molar-refractivity contribution in [2.75, 3.05) is 0 Å². The maximum Gasteiger partial charge on any atom is 0.280 e. The largest absolute Gasteiger partial charge is 0.319 e. The summed E-state index contributed by atoms with van der Waals surface area (Å²) in [7, 11) is 1.95. The number of benzene rings is 2. The van der Waals surface area contributed by atoms with Crippen LogP contribution in [-0.4, -0.2) is 10.5 Å². The van der Waals surface area contributed by atoms with E-state index in [4.69, 9.17) is 0 Å². The number of aromatic nitrogens is 1. The summed E-state index contributed by atoms with van der Waals surface area (Å²) in [5.74, 6) is -0.232. The van der Waals surface area contributed by atoms with Crippen LogP contribution in [0.25, 0.3) is 10.2 Å². The van der Waals surface area contributed by atoms with E-state index >= 15 is 0 Å². The SMILES string of the molecule is Cc1cc(C)c2sc(=NC(=O)c3ccccc3Br)n(C)c2c1. The third-order valence-electron chi connectivity index (χ3n) is 3.54. The van der Waals surface area contributed by atoms with Gasteiger partial charge in [0.15, 0.2) is 4.80 Å². The first-order valence-electron chi connectivity index (χ1n) is 6.88. The quantitative estimate of drug-likeness (QED) is 0.622. The van der Waals surface area contributed by atoms with E-state index in [0.717, 1.165) is 9.99 Å². The molecule has 0 aliphatic heterocycles. The predicted molar refractivity (Wildman–Crippen MR) is 94.3 cm³/mol. The number of nitrogens with zero attached hydrogens (tertiary/aromatic N) is 2. The lowest BCUT2D eigenvalue weighted by Crippen LogP contribution is -2.13. The van der Waals surface area contributed by atoms with Gasteiger partial charge in [0.05, 0.1) is 15.8 Å². The molecule has 1 aromatic heterocycles. The van der Waals surface area contributed by atoms with Crippen LogP contribution in [-0.2, 0) is 7.05 Å². The van der Waals surface area contributed by atoms with Gasteiger partial charge in [0.2, 0.25) is 0 Å². The van der Waals surface area contributed by atoms with Crippen molar-refractivity contribution in [3.8, 4) is 0 Å². The molecular formula is C17H15BrN2OS. The maximum absolute atomic E-state index is 12.4. The van der Waals surface area contributed by atoms with Crippen LogP contribution < -0.4 is 4.80 Å². The van der Waals surface area contributed by atoms with Gasteiger partial charge in [-0.3, -0.25) is 4.79 Å². The number of hydrogen-bond acceptors (Lipinski definition) is 2. The number of carbonyl (C=O) groups excluding carboxylic acids is 1. The van der Waals surface area contributed by atoms with Crippen LogP contribution in [0.4, 0.5) is 0 Å². The molecule has 1 heterocycles. The summed E-state index contributed by atoms with van der Waals surface area (Å²) in [5.41, 5.74) is 4.11. The molecule has 0 N–H and O–H groups in total. The zero-order chi connectivity index (χ0) is 15.9. The molecule has 0 saturated heterocycles. The Balaban J connectivity index is 2.18. The average Bonchev–Trinajstić information content (AvgIpc) is 2.77. The highest BCUT2D eigenvalue weighted by atomic mass is 79.9. The molecule has 3 nitrogen and oxygen atoms in total.